The highest BCUT2D eigenvalue weighted by molar-refractivity contribution is 5.58. The number of nitrogens with zero attached hydrogens (tertiary/aromatic N) is 4. The van der Waals surface area contributed by atoms with Crippen molar-refractivity contribution in [1.29, 1.82) is 0 Å². The first-order chi connectivity index (χ1) is 15.4. The zero-order valence-electron chi connectivity index (χ0n) is 18.9. The molecular weight excluding hydrogens is 410 g/mol. The summed E-state index contributed by atoms with van der Waals surface area (Å²) in [6.07, 6.45) is -0.696. The van der Waals surface area contributed by atoms with E-state index < -0.39 is 12.3 Å². The second kappa shape index (κ2) is 10.9. The van der Waals surface area contributed by atoms with Crippen LogP contribution in [0.2, 0.25) is 0 Å². The van der Waals surface area contributed by atoms with Gasteiger partial charge in [-0.1, -0.05) is 50.8 Å². The van der Waals surface area contributed by atoms with Crippen molar-refractivity contribution in [2.75, 3.05) is 18.0 Å². The van der Waals surface area contributed by atoms with E-state index >= 15 is 0 Å². The fraction of sp³-hybridized carbons (Fsp3) is 0.360. The van der Waals surface area contributed by atoms with Gasteiger partial charge >= 0.3 is 6.43 Å². The summed E-state index contributed by atoms with van der Waals surface area (Å²) in [7, 11) is 0. The number of halogens is 2. The molecule has 0 N–H and O–H groups in total. The maximum absolute atomic E-state index is 12.7. The number of aryl methyl sites for hydroxylation is 1. The molecule has 0 saturated heterocycles. The van der Waals surface area contributed by atoms with Crippen molar-refractivity contribution in [2.45, 2.75) is 46.6 Å². The average Bonchev–Trinajstić information content (AvgIpc) is 3.29. The molecule has 0 aliphatic rings. The predicted molar refractivity (Wildman–Crippen MR) is 123 cm³/mol. The summed E-state index contributed by atoms with van der Waals surface area (Å²) in [4.78, 5) is 4.56. The van der Waals surface area contributed by atoms with Crippen LogP contribution in [0.15, 0.2) is 65.3 Å². The van der Waals surface area contributed by atoms with E-state index in [9.17, 15) is 8.78 Å². The molecule has 170 valence electrons. The summed E-state index contributed by atoms with van der Waals surface area (Å²) in [5, 5.41) is 7.12. The average molecular weight is 441 g/mol. The van der Waals surface area contributed by atoms with Gasteiger partial charge in [-0.15, -0.1) is 10.2 Å². The normalized spacial score (nSPS) is 11.1. The van der Waals surface area contributed by atoms with E-state index in [2.05, 4.69) is 59.5 Å². The first kappa shape index (κ1) is 23.4. The van der Waals surface area contributed by atoms with Crippen LogP contribution in [0.4, 0.5) is 14.5 Å². The van der Waals surface area contributed by atoms with Gasteiger partial charge in [0, 0.05) is 30.9 Å². The number of rotatable bonds is 11. The zero-order valence-corrected chi connectivity index (χ0v) is 18.9. The van der Waals surface area contributed by atoms with Crippen LogP contribution < -0.4 is 4.90 Å². The van der Waals surface area contributed by atoms with Crippen LogP contribution in [0.25, 0.3) is 11.5 Å². The smallest absolute Gasteiger partial charge is 0.314 e. The molecular formula is C25H30F2N4O. The number of hydrogen-bond acceptors (Lipinski definition) is 5. The molecule has 7 heteroatoms. The Hall–Kier alpha value is -3.22. The highest BCUT2D eigenvalue weighted by Gasteiger charge is 2.19. The van der Waals surface area contributed by atoms with Gasteiger partial charge in [0.05, 0.1) is 0 Å². The Labute approximate surface area is 188 Å². The molecule has 0 aliphatic heterocycles. The monoisotopic (exact) mass is 440 g/mol. The lowest BCUT2D eigenvalue weighted by Gasteiger charge is -2.36. The van der Waals surface area contributed by atoms with Gasteiger partial charge in [-0.05, 0) is 49.1 Å². The first-order valence-corrected chi connectivity index (χ1v) is 10.9. The molecule has 2 aromatic carbocycles. The molecule has 0 unspecified atom stereocenters. The molecule has 0 radical (unpaired) electrons. The second-order valence-corrected chi connectivity index (χ2v) is 7.72. The summed E-state index contributed by atoms with van der Waals surface area (Å²) in [5.74, 6) is 0.382. The van der Waals surface area contributed by atoms with Crippen molar-refractivity contribution in [2.24, 2.45) is 0 Å². The Morgan fingerprint density at radius 1 is 1.00 bits per heavy atom. The largest absolute Gasteiger partial charge is 0.415 e. The van der Waals surface area contributed by atoms with Crippen molar-refractivity contribution >= 4 is 5.69 Å². The number of para-hydroxylation sites is 1. The molecule has 5 nitrogen and oxygen atoms in total. The third-order valence-corrected chi connectivity index (χ3v) is 5.24. The molecule has 0 bridgehead atoms. The van der Waals surface area contributed by atoms with E-state index in [1.807, 2.05) is 36.4 Å². The number of alkyl halides is 2. The number of anilines is 1. The number of benzene rings is 2. The second-order valence-electron chi connectivity index (χ2n) is 7.72. The number of hydrogen-bond donors (Lipinski definition) is 0. The molecule has 0 saturated carbocycles. The third-order valence-electron chi connectivity index (χ3n) is 5.24. The Balaban J connectivity index is 1.87. The highest BCUT2D eigenvalue weighted by atomic mass is 19.3. The van der Waals surface area contributed by atoms with E-state index in [0.29, 0.717) is 12.1 Å². The van der Waals surface area contributed by atoms with E-state index in [-0.39, 0.29) is 5.89 Å². The lowest BCUT2D eigenvalue weighted by Crippen LogP contribution is -2.36. The van der Waals surface area contributed by atoms with Crippen molar-refractivity contribution in [3.05, 3.63) is 77.9 Å². The molecule has 0 amide bonds. The maximum Gasteiger partial charge on any atom is 0.314 e. The fourth-order valence-electron chi connectivity index (χ4n) is 3.64. The minimum absolute atomic E-state index is 0.0871. The maximum atomic E-state index is 12.7. The molecule has 0 aliphatic carbocycles. The van der Waals surface area contributed by atoms with Crippen molar-refractivity contribution in [1.82, 2.24) is 15.1 Å². The van der Waals surface area contributed by atoms with E-state index in [4.69, 9.17) is 4.42 Å². The molecule has 32 heavy (non-hydrogen) atoms. The summed E-state index contributed by atoms with van der Waals surface area (Å²) in [6, 6.07) is 15.8. The molecule has 3 aromatic rings. The minimum atomic E-state index is -2.78. The fourth-order valence-corrected chi connectivity index (χ4v) is 3.64. The van der Waals surface area contributed by atoms with Gasteiger partial charge in [0.15, 0.2) is 0 Å². The van der Waals surface area contributed by atoms with Gasteiger partial charge in [0.1, 0.15) is 5.82 Å². The van der Waals surface area contributed by atoms with Gasteiger partial charge in [0.2, 0.25) is 5.89 Å². The summed E-state index contributed by atoms with van der Waals surface area (Å²) in [6.45, 7) is 13.4. The zero-order chi connectivity index (χ0) is 23.1. The van der Waals surface area contributed by atoms with Gasteiger partial charge < -0.3 is 14.2 Å². The number of aromatic nitrogens is 2. The summed E-state index contributed by atoms with van der Waals surface area (Å²) < 4.78 is 30.5. The first-order valence-electron chi connectivity index (χ1n) is 10.9. The quantitative estimate of drug-likeness (QED) is 0.337. The molecule has 0 atom stereocenters. The predicted octanol–water partition coefficient (Wildman–Crippen LogP) is 6.58. The summed E-state index contributed by atoms with van der Waals surface area (Å²) >= 11 is 0. The standard InChI is InChI=1S/C25H30F2N4O/c1-5-15-30(16-6-2)19(4)31(22-10-8-7-9-18(22)3)17-20-11-13-21(14-12-20)24-28-29-25(32-24)23(26)27/h7-14,23H,4-6,15-17H2,1-3H3. The van der Waals surface area contributed by atoms with Gasteiger partial charge in [-0.25, -0.2) is 0 Å². The lowest BCUT2D eigenvalue weighted by atomic mass is 10.1. The molecule has 1 aromatic heterocycles. The SMILES string of the molecule is C=C(N(CCC)CCC)N(Cc1ccc(-c2nnc(C(F)F)o2)cc1)c1ccccc1C. The van der Waals surface area contributed by atoms with Crippen molar-refractivity contribution in [3.63, 3.8) is 0 Å². The van der Waals surface area contributed by atoms with Crippen LogP contribution >= 0.6 is 0 Å². The van der Waals surface area contributed by atoms with Crippen LogP contribution in [-0.4, -0.2) is 28.2 Å². The van der Waals surface area contributed by atoms with Gasteiger partial charge in [-0.2, -0.15) is 8.78 Å². The topological polar surface area (TPSA) is 45.4 Å². The Morgan fingerprint density at radius 2 is 1.66 bits per heavy atom. The van der Waals surface area contributed by atoms with Crippen LogP contribution in [-0.2, 0) is 6.54 Å². The van der Waals surface area contributed by atoms with E-state index in [0.717, 1.165) is 43.0 Å². The Kier molecular flexibility index (Phi) is 7.98. The van der Waals surface area contributed by atoms with Crippen LogP contribution in [0.1, 0.15) is 50.1 Å². The van der Waals surface area contributed by atoms with Crippen LogP contribution in [0.3, 0.4) is 0 Å². The minimum Gasteiger partial charge on any atom is -0.415 e. The van der Waals surface area contributed by atoms with E-state index in [1.54, 1.807) is 0 Å². The molecule has 3 rings (SSSR count). The van der Waals surface area contributed by atoms with Crippen LogP contribution in [0, 0.1) is 6.92 Å². The molecule has 0 spiro atoms. The molecule has 0 fully saturated rings. The van der Waals surface area contributed by atoms with Crippen molar-refractivity contribution < 1.29 is 13.2 Å². The van der Waals surface area contributed by atoms with Gasteiger partial charge in [-0.3, -0.25) is 0 Å². The lowest BCUT2D eigenvalue weighted by molar-refractivity contribution is 0.116. The van der Waals surface area contributed by atoms with E-state index in [1.165, 1.54) is 5.56 Å². The Bertz CT molecular complexity index is 1010. The summed E-state index contributed by atoms with van der Waals surface area (Å²) in [5.41, 5.74) is 3.94. The highest BCUT2D eigenvalue weighted by Crippen LogP contribution is 2.28. The molecule has 1 heterocycles. The Morgan fingerprint density at radius 3 is 2.22 bits per heavy atom. The van der Waals surface area contributed by atoms with Crippen LogP contribution in [0.5, 0.6) is 0 Å². The van der Waals surface area contributed by atoms with Gasteiger partial charge in [0.25, 0.3) is 5.89 Å². The third kappa shape index (κ3) is 5.52. The van der Waals surface area contributed by atoms with Crippen molar-refractivity contribution in [3.8, 4) is 11.5 Å².